The molecule has 1 amide bonds. The summed E-state index contributed by atoms with van der Waals surface area (Å²) in [4.78, 5) is 37.4. The molecule has 2 aromatic rings. The number of ether oxygens (including phenoxy) is 1. The molecule has 138 valence electrons. The average molecular weight is 375 g/mol. The minimum Gasteiger partial charge on any atom is -0.462 e. The number of esters is 1. The smallest absolute Gasteiger partial charge is 0.341 e. The zero-order chi connectivity index (χ0) is 19.0. The molecule has 8 heteroatoms. The van der Waals surface area contributed by atoms with E-state index in [0.717, 1.165) is 18.4 Å². The summed E-state index contributed by atoms with van der Waals surface area (Å²) in [5.41, 5.74) is 2.69. The zero-order valence-electron chi connectivity index (χ0n) is 15.2. The number of amides is 1. The van der Waals surface area contributed by atoms with Gasteiger partial charge in [0.05, 0.1) is 23.4 Å². The molecule has 1 aliphatic carbocycles. The van der Waals surface area contributed by atoms with Crippen molar-refractivity contribution in [1.29, 1.82) is 0 Å². The van der Waals surface area contributed by atoms with Crippen LogP contribution in [0.1, 0.15) is 63.4 Å². The molecule has 7 nitrogen and oxygen atoms in total. The van der Waals surface area contributed by atoms with Gasteiger partial charge in [-0.05, 0) is 50.5 Å². The molecule has 0 saturated heterocycles. The van der Waals surface area contributed by atoms with E-state index >= 15 is 0 Å². The molecule has 0 aromatic carbocycles. The molecule has 2 heterocycles. The van der Waals surface area contributed by atoms with Crippen LogP contribution >= 0.6 is 11.3 Å². The van der Waals surface area contributed by atoms with E-state index in [4.69, 9.17) is 4.74 Å². The first-order valence-electron chi connectivity index (χ1n) is 8.49. The standard InChI is InChI=1S/C18H21N3O4S/c1-5-25-18(24)14-12(11-6-7-11)8-26-17(14)19-16(23)15(22)13-9(2)20-21(4)10(13)3/h8,11H,5-7H2,1-4H3,(H,19,23). The molecule has 1 fully saturated rings. The first-order chi connectivity index (χ1) is 12.3. The number of aryl methyl sites for hydroxylation is 2. The number of aromatic nitrogens is 2. The Kier molecular flexibility index (Phi) is 4.95. The van der Waals surface area contributed by atoms with Crippen LogP contribution in [0.25, 0.3) is 0 Å². The quantitative estimate of drug-likeness (QED) is 0.476. The molecule has 0 atom stereocenters. The Bertz CT molecular complexity index is 893. The highest BCUT2D eigenvalue weighted by Gasteiger charge is 2.33. The number of ketones is 1. The lowest BCUT2D eigenvalue weighted by Gasteiger charge is -2.08. The Morgan fingerprint density at radius 3 is 2.54 bits per heavy atom. The molecule has 0 radical (unpaired) electrons. The van der Waals surface area contributed by atoms with E-state index in [1.54, 1.807) is 32.5 Å². The predicted octanol–water partition coefficient (Wildman–Crippen LogP) is 2.97. The zero-order valence-corrected chi connectivity index (χ0v) is 16.0. The molecule has 3 rings (SSSR count). The minimum absolute atomic E-state index is 0.249. The van der Waals surface area contributed by atoms with Crippen LogP contribution in [0.2, 0.25) is 0 Å². The fourth-order valence-electron chi connectivity index (χ4n) is 2.95. The van der Waals surface area contributed by atoms with Crippen LogP contribution in [0.4, 0.5) is 5.00 Å². The number of Topliss-reactive ketones (excluding diaryl/α,β-unsaturated/α-hetero) is 1. The maximum Gasteiger partial charge on any atom is 0.341 e. The number of nitrogens with zero attached hydrogens (tertiary/aromatic N) is 2. The molecular weight excluding hydrogens is 354 g/mol. The largest absolute Gasteiger partial charge is 0.462 e. The maximum absolute atomic E-state index is 12.6. The van der Waals surface area contributed by atoms with Gasteiger partial charge in [0.1, 0.15) is 5.00 Å². The fourth-order valence-corrected chi connectivity index (χ4v) is 3.97. The molecular formula is C18H21N3O4S. The maximum atomic E-state index is 12.6. The molecule has 0 aliphatic heterocycles. The molecule has 2 aromatic heterocycles. The molecule has 0 unspecified atom stereocenters. The number of anilines is 1. The van der Waals surface area contributed by atoms with Gasteiger partial charge in [-0.3, -0.25) is 14.3 Å². The summed E-state index contributed by atoms with van der Waals surface area (Å²) in [5.74, 6) is -1.58. The SMILES string of the molecule is CCOC(=O)c1c(C2CC2)csc1NC(=O)C(=O)c1c(C)nn(C)c1C. The Hall–Kier alpha value is -2.48. The van der Waals surface area contributed by atoms with Gasteiger partial charge in [-0.25, -0.2) is 4.79 Å². The number of rotatable bonds is 6. The Balaban J connectivity index is 1.87. The van der Waals surface area contributed by atoms with Crippen molar-refractivity contribution in [1.82, 2.24) is 9.78 Å². The topological polar surface area (TPSA) is 90.3 Å². The lowest BCUT2D eigenvalue weighted by molar-refractivity contribution is -0.112. The van der Waals surface area contributed by atoms with E-state index in [1.165, 1.54) is 11.3 Å². The van der Waals surface area contributed by atoms with E-state index in [0.29, 0.717) is 33.4 Å². The van der Waals surface area contributed by atoms with Crippen LogP contribution < -0.4 is 5.32 Å². The molecule has 1 aliphatic rings. The second-order valence-electron chi connectivity index (χ2n) is 6.34. The van der Waals surface area contributed by atoms with Crippen molar-refractivity contribution >= 4 is 34.0 Å². The van der Waals surface area contributed by atoms with E-state index in [-0.39, 0.29) is 6.61 Å². The number of hydrogen-bond donors (Lipinski definition) is 1. The number of carbonyl (C=O) groups is 3. The van der Waals surface area contributed by atoms with Gasteiger partial charge >= 0.3 is 5.97 Å². The van der Waals surface area contributed by atoms with Crippen LogP contribution in [-0.4, -0.2) is 34.0 Å². The number of nitrogens with one attached hydrogen (secondary N) is 1. The van der Waals surface area contributed by atoms with Gasteiger partial charge in [0.2, 0.25) is 0 Å². The van der Waals surface area contributed by atoms with Gasteiger partial charge in [-0.15, -0.1) is 11.3 Å². The van der Waals surface area contributed by atoms with E-state index in [1.807, 2.05) is 5.38 Å². The Labute approximate surface area is 155 Å². The summed E-state index contributed by atoms with van der Waals surface area (Å²) in [6.45, 7) is 5.41. The van der Waals surface area contributed by atoms with Gasteiger partial charge in [-0.1, -0.05) is 0 Å². The van der Waals surface area contributed by atoms with Crippen molar-refractivity contribution < 1.29 is 19.1 Å². The van der Waals surface area contributed by atoms with Gasteiger partial charge in [0, 0.05) is 12.7 Å². The fraction of sp³-hybridized carbons (Fsp3) is 0.444. The second-order valence-corrected chi connectivity index (χ2v) is 7.22. The van der Waals surface area contributed by atoms with Gasteiger partial charge < -0.3 is 10.1 Å². The lowest BCUT2D eigenvalue weighted by atomic mass is 10.1. The van der Waals surface area contributed by atoms with E-state index in [9.17, 15) is 14.4 Å². The highest BCUT2D eigenvalue weighted by molar-refractivity contribution is 7.15. The van der Waals surface area contributed by atoms with Gasteiger partial charge in [0.25, 0.3) is 11.7 Å². The van der Waals surface area contributed by atoms with Gasteiger partial charge in [-0.2, -0.15) is 5.10 Å². The van der Waals surface area contributed by atoms with Crippen LogP contribution in [0.15, 0.2) is 5.38 Å². The Morgan fingerprint density at radius 2 is 2.00 bits per heavy atom. The second kappa shape index (κ2) is 7.03. The highest BCUT2D eigenvalue weighted by Crippen LogP contribution is 2.46. The summed E-state index contributed by atoms with van der Waals surface area (Å²) in [7, 11) is 1.72. The third-order valence-electron chi connectivity index (χ3n) is 4.49. The molecule has 0 spiro atoms. The van der Waals surface area contributed by atoms with E-state index in [2.05, 4.69) is 10.4 Å². The van der Waals surface area contributed by atoms with Crippen molar-refractivity contribution in [3.05, 3.63) is 33.5 Å². The molecule has 1 N–H and O–H groups in total. The van der Waals surface area contributed by atoms with E-state index < -0.39 is 17.7 Å². The monoisotopic (exact) mass is 375 g/mol. The number of hydrogen-bond acceptors (Lipinski definition) is 6. The normalized spacial score (nSPS) is 13.5. The van der Waals surface area contributed by atoms with Crippen LogP contribution in [0.3, 0.4) is 0 Å². The van der Waals surface area contributed by atoms with Crippen molar-refractivity contribution in [2.75, 3.05) is 11.9 Å². The lowest BCUT2D eigenvalue weighted by Crippen LogP contribution is -2.24. The summed E-state index contributed by atoms with van der Waals surface area (Å²) in [6, 6.07) is 0. The van der Waals surface area contributed by atoms with Crippen LogP contribution in [0.5, 0.6) is 0 Å². The van der Waals surface area contributed by atoms with Crippen LogP contribution in [-0.2, 0) is 16.6 Å². The van der Waals surface area contributed by atoms with Crippen LogP contribution in [0, 0.1) is 13.8 Å². The third kappa shape index (κ3) is 3.29. The highest BCUT2D eigenvalue weighted by atomic mass is 32.1. The van der Waals surface area contributed by atoms with Crippen molar-refractivity contribution in [3.8, 4) is 0 Å². The number of carbonyl (C=O) groups excluding carboxylic acids is 3. The van der Waals surface area contributed by atoms with Gasteiger partial charge in [0.15, 0.2) is 0 Å². The third-order valence-corrected chi connectivity index (χ3v) is 5.40. The Morgan fingerprint density at radius 1 is 1.31 bits per heavy atom. The molecule has 1 saturated carbocycles. The first-order valence-corrected chi connectivity index (χ1v) is 9.37. The molecule has 26 heavy (non-hydrogen) atoms. The summed E-state index contributed by atoms with van der Waals surface area (Å²) in [6.07, 6.45) is 2.03. The minimum atomic E-state index is -0.779. The van der Waals surface area contributed by atoms with Crippen molar-refractivity contribution in [3.63, 3.8) is 0 Å². The summed E-state index contributed by atoms with van der Waals surface area (Å²) >= 11 is 1.25. The molecule has 0 bridgehead atoms. The predicted molar refractivity (Wildman–Crippen MR) is 97.9 cm³/mol. The average Bonchev–Trinajstić information content (AvgIpc) is 3.29. The number of thiophene rings is 1. The summed E-state index contributed by atoms with van der Waals surface area (Å²) in [5, 5.41) is 9.01. The summed E-state index contributed by atoms with van der Waals surface area (Å²) < 4.78 is 6.70. The van der Waals surface area contributed by atoms with Crippen molar-refractivity contribution in [2.45, 2.75) is 39.5 Å². The first kappa shape index (κ1) is 18.3. The van der Waals surface area contributed by atoms with Crippen molar-refractivity contribution in [2.24, 2.45) is 7.05 Å².